The molecule has 42 heavy (non-hydrogen) atoms. The molecule has 0 unspecified atom stereocenters. The van der Waals surface area contributed by atoms with Crippen LogP contribution in [0.25, 0.3) is 6.08 Å². The maximum Gasteiger partial charge on any atom is 0.271 e. The first-order valence-corrected chi connectivity index (χ1v) is 14.3. The first kappa shape index (κ1) is 28.6. The number of fused-ring (bicyclic) bond motifs is 1. The monoisotopic (exact) mass is 581 g/mol. The van der Waals surface area contributed by atoms with Gasteiger partial charge in [-0.2, -0.15) is 0 Å². The van der Waals surface area contributed by atoms with Crippen LogP contribution >= 0.6 is 11.3 Å². The topological polar surface area (TPSA) is 91.2 Å². The number of carbonyl (C=O) groups is 1. The van der Waals surface area contributed by atoms with E-state index in [0.717, 1.165) is 11.1 Å². The van der Waals surface area contributed by atoms with E-state index in [1.54, 1.807) is 36.8 Å². The number of benzene rings is 3. The van der Waals surface area contributed by atoms with Crippen molar-refractivity contribution in [2.45, 2.75) is 19.9 Å². The quantitative estimate of drug-likeness (QED) is 0.271. The van der Waals surface area contributed by atoms with Gasteiger partial charge in [-0.25, -0.2) is 4.99 Å². The summed E-state index contributed by atoms with van der Waals surface area (Å²) in [5.41, 5.74) is 2.87. The predicted molar refractivity (Wildman–Crippen MR) is 165 cm³/mol. The number of nitrogens with one attached hydrogen (secondary N) is 1. The van der Waals surface area contributed by atoms with Crippen LogP contribution < -0.4 is 34.4 Å². The molecule has 0 fully saturated rings. The molecular formula is C33H31N3O5S. The van der Waals surface area contributed by atoms with Gasteiger partial charge in [-0.05, 0) is 67.4 Å². The molecule has 1 atom stereocenters. The van der Waals surface area contributed by atoms with E-state index in [1.165, 1.54) is 11.3 Å². The highest BCUT2D eigenvalue weighted by molar-refractivity contribution is 7.07. The standard InChI is InChI=1S/C33H31N3O5S/c1-5-18-41-26-17-12-22(19-27(26)39-4)20-28-32(38)36-30(23-13-15-25(16-14-23)40-6-2)29(21(3)34-33(36)42-28)31(37)35-24-10-8-7-9-11-24/h5,7-17,19-20,30H,1,6,18H2,2-4H3,(H,35,37)/b28-20-/t30-/m1/s1. The number of para-hydroxylation sites is 1. The van der Waals surface area contributed by atoms with Crippen LogP contribution in [0.5, 0.6) is 17.2 Å². The van der Waals surface area contributed by atoms with Gasteiger partial charge in [0.2, 0.25) is 0 Å². The van der Waals surface area contributed by atoms with Crippen LogP contribution in [-0.2, 0) is 4.79 Å². The highest BCUT2D eigenvalue weighted by Gasteiger charge is 2.32. The normalized spacial score (nSPS) is 14.5. The number of methoxy groups -OCH3 is 1. The van der Waals surface area contributed by atoms with Crippen LogP contribution in [0, 0.1) is 0 Å². The molecule has 9 heteroatoms. The van der Waals surface area contributed by atoms with Crippen LogP contribution in [0.2, 0.25) is 0 Å². The van der Waals surface area contributed by atoms with Gasteiger partial charge in [-0.15, -0.1) is 0 Å². The average Bonchev–Trinajstić information content (AvgIpc) is 3.30. The summed E-state index contributed by atoms with van der Waals surface area (Å²) >= 11 is 1.27. The summed E-state index contributed by atoms with van der Waals surface area (Å²) in [5.74, 6) is 1.51. The Labute approximate surface area is 247 Å². The molecule has 0 spiro atoms. The molecule has 1 N–H and O–H groups in total. The third kappa shape index (κ3) is 5.91. The minimum Gasteiger partial charge on any atom is -0.494 e. The van der Waals surface area contributed by atoms with E-state index in [1.807, 2.05) is 73.7 Å². The Balaban J connectivity index is 1.62. The zero-order valence-electron chi connectivity index (χ0n) is 23.6. The molecule has 0 bridgehead atoms. The Hall–Kier alpha value is -4.89. The van der Waals surface area contributed by atoms with Crippen molar-refractivity contribution in [3.05, 3.63) is 128 Å². The number of hydrogen-bond acceptors (Lipinski definition) is 7. The molecule has 8 nitrogen and oxygen atoms in total. The van der Waals surface area contributed by atoms with E-state index in [9.17, 15) is 9.59 Å². The average molecular weight is 582 g/mol. The molecule has 0 saturated carbocycles. The highest BCUT2D eigenvalue weighted by atomic mass is 32.1. The van der Waals surface area contributed by atoms with Crippen LogP contribution in [0.4, 0.5) is 5.69 Å². The molecule has 0 aliphatic carbocycles. The van der Waals surface area contributed by atoms with Crippen molar-refractivity contribution in [3.63, 3.8) is 0 Å². The van der Waals surface area contributed by atoms with E-state index >= 15 is 0 Å². The van der Waals surface area contributed by atoms with E-state index in [0.29, 0.717) is 56.8 Å². The number of rotatable bonds is 10. The summed E-state index contributed by atoms with van der Waals surface area (Å²) < 4.78 is 18.9. The van der Waals surface area contributed by atoms with Gasteiger partial charge < -0.3 is 19.5 Å². The van der Waals surface area contributed by atoms with Gasteiger partial charge in [-0.1, -0.05) is 60.4 Å². The van der Waals surface area contributed by atoms with Gasteiger partial charge in [0.05, 0.1) is 35.6 Å². The van der Waals surface area contributed by atoms with Gasteiger partial charge in [0.25, 0.3) is 11.5 Å². The lowest BCUT2D eigenvalue weighted by Crippen LogP contribution is -2.40. The molecule has 3 aromatic carbocycles. The number of anilines is 1. The Morgan fingerprint density at radius 3 is 2.52 bits per heavy atom. The third-order valence-electron chi connectivity index (χ3n) is 6.65. The highest BCUT2D eigenvalue weighted by Crippen LogP contribution is 2.32. The Morgan fingerprint density at radius 1 is 1.07 bits per heavy atom. The number of aromatic nitrogens is 1. The maximum atomic E-state index is 14.0. The lowest BCUT2D eigenvalue weighted by Gasteiger charge is -2.25. The zero-order valence-corrected chi connectivity index (χ0v) is 24.4. The molecular weight excluding hydrogens is 550 g/mol. The van der Waals surface area contributed by atoms with E-state index in [4.69, 9.17) is 19.2 Å². The Bertz CT molecular complexity index is 1820. The Kier molecular flexibility index (Phi) is 8.68. The van der Waals surface area contributed by atoms with Gasteiger partial charge in [-0.3, -0.25) is 14.2 Å². The second-order valence-corrected chi connectivity index (χ2v) is 10.4. The number of allylic oxidation sites excluding steroid dienone is 1. The van der Waals surface area contributed by atoms with Crippen LogP contribution in [0.3, 0.4) is 0 Å². The minimum atomic E-state index is -0.688. The third-order valence-corrected chi connectivity index (χ3v) is 7.63. The van der Waals surface area contributed by atoms with Crippen molar-refractivity contribution in [3.8, 4) is 17.2 Å². The van der Waals surface area contributed by atoms with Crippen molar-refractivity contribution in [2.75, 3.05) is 25.6 Å². The van der Waals surface area contributed by atoms with Crippen LogP contribution in [0.1, 0.15) is 31.0 Å². The molecule has 0 radical (unpaired) electrons. The SMILES string of the molecule is C=CCOc1ccc(/C=c2\sc3n(c2=O)[C@H](c2ccc(OCC)cc2)C(C(=O)Nc2ccccc2)=C(C)N=3)cc1OC. The van der Waals surface area contributed by atoms with E-state index < -0.39 is 6.04 Å². The van der Waals surface area contributed by atoms with Crippen molar-refractivity contribution < 1.29 is 19.0 Å². The summed E-state index contributed by atoms with van der Waals surface area (Å²) in [6, 6.07) is 21.4. The molecule has 1 aromatic heterocycles. The summed E-state index contributed by atoms with van der Waals surface area (Å²) in [6.45, 7) is 8.27. The first-order chi connectivity index (χ1) is 20.4. The van der Waals surface area contributed by atoms with E-state index in [-0.39, 0.29) is 11.5 Å². The number of carbonyl (C=O) groups excluding carboxylic acids is 1. The fourth-order valence-electron chi connectivity index (χ4n) is 4.75. The van der Waals surface area contributed by atoms with Crippen LogP contribution in [0.15, 0.2) is 107 Å². The number of ether oxygens (including phenoxy) is 3. The first-order valence-electron chi connectivity index (χ1n) is 13.5. The zero-order chi connectivity index (χ0) is 29.6. The van der Waals surface area contributed by atoms with Gasteiger partial charge in [0, 0.05) is 5.69 Å². The van der Waals surface area contributed by atoms with E-state index in [2.05, 4.69) is 11.9 Å². The van der Waals surface area contributed by atoms with Crippen molar-refractivity contribution in [1.29, 1.82) is 0 Å². The smallest absolute Gasteiger partial charge is 0.271 e. The molecule has 0 saturated heterocycles. The van der Waals surface area contributed by atoms with Gasteiger partial charge >= 0.3 is 0 Å². The lowest BCUT2D eigenvalue weighted by molar-refractivity contribution is -0.113. The molecule has 2 heterocycles. The fraction of sp³-hybridized carbons (Fsp3) is 0.182. The van der Waals surface area contributed by atoms with Gasteiger partial charge in [0.15, 0.2) is 16.3 Å². The maximum absolute atomic E-state index is 14.0. The molecule has 214 valence electrons. The molecule has 1 amide bonds. The van der Waals surface area contributed by atoms with Crippen molar-refractivity contribution in [2.24, 2.45) is 4.99 Å². The van der Waals surface area contributed by atoms with Crippen molar-refractivity contribution >= 4 is 29.0 Å². The minimum absolute atomic E-state index is 0.249. The summed E-state index contributed by atoms with van der Waals surface area (Å²) in [4.78, 5) is 33.0. The van der Waals surface area contributed by atoms with Gasteiger partial charge in [0.1, 0.15) is 12.4 Å². The second-order valence-electron chi connectivity index (χ2n) is 9.41. The molecule has 1 aliphatic rings. The molecule has 1 aliphatic heterocycles. The largest absolute Gasteiger partial charge is 0.494 e. The number of nitrogens with zero attached hydrogens (tertiary/aromatic N) is 2. The van der Waals surface area contributed by atoms with Crippen molar-refractivity contribution in [1.82, 2.24) is 4.57 Å². The Morgan fingerprint density at radius 2 is 1.83 bits per heavy atom. The summed E-state index contributed by atoms with van der Waals surface area (Å²) in [5, 5.41) is 2.97. The molecule has 5 rings (SSSR count). The predicted octanol–water partition coefficient (Wildman–Crippen LogP) is 4.85. The lowest BCUT2D eigenvalue weighted by atomic mass is 9.95. The number of thiazole rings is 1. The molecule has 4 aromatic rings. The summed E-state index contributed by atoms with van der Waals surface area (Å²) in [7, 11) is 1.56. The number of amides is 1. The second kappa shape index (κ2) is 12.7. The number of hydrogen-bond donors (Lipinski definition) is 1. The van der Waals surface area contributed by atoms with Crippen LogP contribution in [-0.4, -0.2) is 30.8 Å². The fourth-order valence-corrected chi connectivity index (χ4v) is 5.80. The summed E-state index contributed by atoms with van der Waals surface area (Å²) in [6.07, 6.45) is 3.45.